The van der Waals surface area contributed by atoms with Gasteiger partial charge in [-0.15, -0.1) is 6.58 Å². The number of fused-ring (bicyclic) bond motifs is 4. The molecule has 3 aromatic rings. The topological polar surface area (TPSA) is 34.9 Å². The number of hydrogen-bond acceptors (Lipinski definition) is 3. The summed E-state index contributed by atoms with van der Waals surface area (Å²) in [6.45, 7) is 3.85. The summed E-state index contributed by atoms with van der Waals surface area (Å²) < 4.78 is 1.82. The number of nitrogens with zero attached hydrogens (tertiary/aromatic N) is 2. The molecule has 3 nitrogen and oxygen atoms in total. The molecule has 29 heavy (non-hydrogen) atoms. The normalized spacial score (nSPS) is 16.4. The van der Waals surface area contributed by atoms with E-state index in [1.54, 1.807) is 11.8 Å². The molecule has 4 heteroatoms. The highest BCUT2D eigenvalue weighted by Crippen LogP contribution is 2.50. The lowest BCUT2D eigenvalue weighted by Crippen LogP contribution is -2.40. The summed E-state index contributed by atoms with van der Waals surface area (Å²) in [4.78, 5) is 19.2. The van der Waals surface area contributed by atoms with Crippen molar-refractivity contribution in [2.45, 2.75) is 42.7 Å². The van der Waals surface area contributed by atoms with Crippen LogP contribution in [-0.4, -0.2) is 15.3 Å². The van der Waals surface area contributed by atoms with Crippen molar-refractivity contribution < 1.29 is 0 Å². The van der Waals surface area contributed by atoms with E-state index in [4.69, 9.17) is 4.98 Å². The van der Waals surface area contributed by atoms with Crippen LogP contribution in [0.1, 0.15) is 36.8 Å². The van der Waals surface area contributed by atoms with Crippen molar-refractivity contribution >= 4 is 11.8 Å². The Hall–Kier alpha value is -2.59. The summed E-state index contributed by atoms with van der Waals surface area (Å²) in [6, 6.07) is 18.4. The molecular weight excluding hydrogens is 376 g/mol. The Balaban J connectivity index is 1.84. The predicted molar refractivity (Wildman–Crippen MR) is 120 cm³/mol. The third-order valence-corrected chi connectivity index (χ3v) is 7.22. The van der Waals surface area contributed by atoms with Gasteiger partial charge < -0.3 is 0 Å². The Kier molecular flexibility index (Phi) is 4.67. The molecule has 146 valence electrons. The molecule has 5 rings (SSSR count). The van der Waals surface area contributed by atoms with Gasteiger partial charge in [-0.1, -0.05) is 73.1 Å². The zero-order chi connectivity index (χ0) is 19.8. The van der Waals surface area contributed by atoms with E-state index in [0.717, 1.165) is 46.9 Å². The van der Waals surface area contributed by atoms with Crippen molar-refractivity contribution in [3.8, 4) is 16.9 Å². The third kappa shape index (κ3) is 2.98. The van der Waals surface area contributed by atoms with Crippen LogP contribution in [0.4, 0.5) is 0 Å². The molecule has 1 aromatic heterocycles. The zero-order valence-electron chi connectivity index (χ0n) is 16.4. The highest BCUT2D eigenvalue weighted by molar-refractivity contribution is 7.99. The molecule has 1 saturated carbocycles. The second-order valence-electron chi connectivity index (χ2n) is 8.02. The smallest absolute Gasteiger partial charge is 0.263 e. The number of rotatable bonds is 4. The van der Waals surface area contributed by atoms with E-state index in [1.165, 1.54) is 18.4 Å². The van der Waals surface area contributed by atoms with Crippen LogP contribution in [0, 0.1) is 0 Å². The lowest BCUT2D eigenvalue weighted by Gasteiger charge is -2.36. The van der Waals surface area contributed by atoms with Crippen LogP contribution in [0.2, 0.25) is 0 Å². The summed E-state index contributed by atoms with van der Waals surface area (Å²) in [5.41, 5.74) is 5.18. The Morgan fingerprint density at radius 1 is 1.07 bits per heavy atom. The number of benzene rings is 2. The lowest BCUT2D eigenvalue weighted by atomic mass is 9.68. The van der Waals surface area contributed by atoms with E-state index in [2.05, 4.69) is 30.8 Å². The van der Waals surface area contributed by atoms with E-state index in [0.29, 0.717) is 5.75 Å². The van der Waals surface area contributed by atoms with Gasteiger partial charge in [-0.25, -0.2) is 4.98 Å². The fourth-order valence-electron chi connectivity index (χ4n) is 5.05. The number of aromatic nitrogens is 2. The van der Waals surface area contributed by atoms with Gasteiger partial charge in [0.15, 0.2) is 5.16 Å². The van der Waals surface area contributed by atoms with Crippen LogP contribution < -0.4 is 5.56 Å². The van der Waals surface area contributed by atoms with Crippen LogP contribution in [-0.2, 0) is 11.8 Å². The molecular formula is C25H24N2OS. The summed E-state index contributed by atoms with van der Waals surface area (Å²) in [5, 5.41) is 0.740. The maximum Gasteiger partial charge on any atom is 0.263 e. The van der Waals surface area contributed by atoms with Gasteiger partial charge in [0.25, 0.3) is 5.56 Å². The highest BCUT2D eigenvalue weighted by atomic mass is 32.2. The van der Waals surface area contributed by atoms with Crippen molar-refractivity contribution in [2.24, 2.45) is 0 Å². The van der Waals surface area contributed by atoms with Crippen LogP contribution in [0.5, 0.6) is 0 Å². The molecule has 0 radical (unpaired) electrons. The second kappa shape index (κ2) is 7.34. The summed E-state index contributed by atoms with van der Waals surface area (Å²) >= 11 is 1.57. The van der Waals surface area contributed by atoms with E-state index in [-0.39, 0.29) is 11.0 Å². The van der Waals surface area contributed by atoms with Gasteiger partial charge in [-0.2, -0.15) is 0 Å². The summed E-state index contributed by atoms with van der Waals surface area (Å²) in [7, 11) is 0. The fraction of sp³-hybridized carbons (Fsp3) is 0.280. The van der Waals surface area contributed by atoms with Crippen LogP contribution >= 0.6 is 11.8 Å². The molecule has 1 spiro atoms. The first kappa shape index (κ1) is 18.4. The Labute approximate surface area is 175 Å². The monoisotopic (exact) mass is 400 g/mol. The largest absolute Gasteiger partial charge is 0.268 e. The van der Waals surface area contributed by atoms with Crippen molar-refractivity contribution in [1.82, 2.24) is 9.55 Å². The molecule has 2 aliphatic carbocycles. The second-order valence-corrected chi connectivity index (χ2v) is 9.00. The molecule has 1 fully saturated rings. The first-order chi connectivity index (χ1) is 14.2. The molecule has 2 aromatic carbocycles. The number of para-hydroxylation sites is 1. The van der Waals surface area contributed by atoms with Crippen LogP contribution in [0.25, 0.3) is 16.9 Å². The standard InChI is InChI=1S/C25H24N2OS/c1-2-16-29-24-26-22-20-13-7-6-10-18(20)17-25(14-8-9-15-25)21(22)23(28)27(24)19-11-4-3-5-12-19/h2-7,10-13H,1,8-9,14-17H2. The average Bonchev–Trinajstić information content (AvgIpc) is 3.21. The van der Waals surface area contributed by atoms with Crippen molar-refractivity contribution in [3.05, 3.63) is 88.7 Å². The van der Waals surface area contributed by atoms with E-state index in [9.17, 15) is 4.79 Å². The van der Waals surface area contributed by atoms with Crippen molar-refractivity contribution in [3.63, 3.8) is 0 Å². The fourth-order valence-corrected chi connectivity index (χ4v) is 5.79. The first-order valence-electron chi connectivity index (χ1n) is 10.3. The first-order valence-corrected chi connectivity index (χ1v) is 11.3. The van der Waals surface area contributed by atoms with E-state index in [1.807, 2.05) is 41.0 Å². The third-order valence-electron chi connectivity index (χ3n) is 6.29. The Morgan fingerprint density at radius 3 is 2.55 bits per heavy atom. The summed E-state index contributed by atoms with van der Waals surface area (Å²) in [5.74, 6) is 0.713. The van der Waals surface area contributed by atoms with Gasteiger partial charge in [0.1, 0.15) is 0 Å². The van der Waals surface area contributed by atoms with Gasteiger partial charge >= 0.3 is 0 Å². The zero-order valence-corrected chi connectivity index (χ0v) is 17.3. The Morgan fingerprint density at radius 2 is 1.79 bits per heavy atom. The molecule has 0 saturated heterocycles. The predicted octanol–water partition coefficient (Wildman–Crippen LogP) is 5.55. The minimum absolute atomic E-state index is 0.0774. The molecule has 0 atom stereocenters. The molecule has 0 aliphatic heterocycles. The van der Waals surface area contributed by atoms with Gasteiger partial charge in [0, 0.05) is 16.7 Å². The molecule has 0 bridgehead atoms. The molecule has 0 unspecified atom stereocenters. The maximum absolute atomic E-state index is 14.1. The van der Waals surface area contributed by atoms with E-state index >= 15 is 0 Å². The minimum Gasteiger partial charge on any atom is -0.268 e. The highest BCUT2D eigenvalue weighted by Gasteiger charge is 2.44. The lowest BCUT2D eigenvalue weighted by molar-refractivity contribution is 0.422. The summed E-state index contributed by atoms with van der Waals surface area (Å²) in [6.07, 6.45) is 7.30. The van der Waals surface area contributed by atoms with Gasteiger partial charge in [0.05, 0.1) is 16.9 Å². The van der Waals surface area contributed by atoms with Crippen molar-refractivity contribution in [1.29, 1.82) is 0 Å². The number of thioether (sulfide) groups is 1. The van der Waals surface area contributed by atoms with Crippen molar-refractivity contribution in [2.75, 3.05) is 5.75 Å². The van der Waals surface area contributed by atoms with Crippen LogP contribution in [0.15, 0.2) is 77.2 Å². The molecule has 2 aliphatic rings. The quantitative estimate of drug-likeness (QED) is 0.327. The molecule has 1 heterocycles. The maximum atomic E-state index is 14.1. The number of hydrogen-bond donors (Lipinski definition) is 0. The SMILES string of the molecule is C=CCSc1nc2c(c(=O)n1-c1ccccc1)C1(CCCC1)Cc1ccccc1-2. The minimum atomic E-state index is -0.0774. The van der Waals surface area contributed by atoms with Crippen LogP contribution in [0.3, 0.4) is 0 Å². The van der Waals surface area contributed by atoms with Gasteiger partial charge in [0.2, 0.25) is 0 Å². The van der Waals surface area contributed by atoms with Gasteiger partial charge in [-0.05, 0) is 37.0 Å². The average molecular weight is 401 g/mol. The van der Waals surface area contributed by atoms with Gasteiger partial charge in [-0.3, -0.25) is 9.36 Å². The van der Waals surface area contributed by atoms with E-state index < -0.39 is 0 Å². The molecule has 0 amide bonds. The Bertz CT molecular complexity index is 1130. The molecule has 0 N–H and O–H groups in total.